The largest absolute Gasteiger partial charge is 1.00 e. The maximum Gasteiger partial charge on any atom is 1.00 e. The molecule has 0 unspecified atom stereocenters. The van der Waals surface area contributed by atoms with Gasteiger partial charge in [-0.1, -0.05) is 12.1 Å². The summed E-state index contributed by atoms with van der Waals surface area (Å²) in [6, 6.07) is 29.6. The molecule has 9 N–H and O–H groups in total. The Morgan fingerprint density at radius 2 is 0.809 bits per heavy atom. The van der Waals surface area contributed by atoms with Crippen molar-refractivity contribution >= 4 is 98.6 Å². The van der Waals surface area contributed by atoms with E-state index in [1.165, 1.54) is 118 Å². The van der Waals surface area contributed by atoms with Gasteiger partial charge in [-0.05, 0) is 84.9 Å². The summed E-state index contributed by atoms with van der Waals surface area (Å²) in [6.07, 6.45) is 9.67. The second-order valence-corrected chi connectivity index (χ2v) is 26.6. The summed E-state index contributed by atoms with van der Waals surface area (Å²) in [7, 11) is 14.5. The number of esters is 4. The Kier molecular flexibility index (Phi) is 47.4. The van der Waals surface area contributed by atoms with Crippen LogP contribution in [0.5, 0.6) is 57.5 Å². The molecule has 0 radical (unpaired) electrons. The number of nitrogens with zero attached hydrogens (tertiary/aromatic N) is 9. The van der Waals surface area contributed by atoms with E-state index in [2.05, 4.69) is 96.3 Å². The molecule has 0 spiro atoms. The van der Waals surface area contributed by atoms with Crippen molar-refractivity contribution < 1.29 is 151 Å². The number of hydrogen-bond donors (Lipinski definition) is 8. The van der Waals surface area contributed by atoms with Crippen molar-refractivity contribution in [1.29, 1.82) is 0 Å². The number of halogens is 3. The minimum absolute atomic E-state index is 0. The number of hydrogen-bond acceptors (Lipinski definition) is 31. The van der Waals surface area contributed by atoms with E-state index in [-0.39, 0.29) is 85.9 Å². The number of aliphatic hydroxyl groups excluding tert-OH is 1. The number of carboxylic acids is 1. The molecule has 0 aliphatic carbocycles. The van der Waals surface area contributed by atoms with Gasteiger partial charge < -0.3 is 108 Å². The van der Waals surface area contributed by atoms with Crippen LogP contribution >= 0.6 is 47.3 Å². The van der Waals surface area contributed by atoms with Gasteiger partial charge in [-0.3, -0.25) is 4.99 Å². The number of phenolic OH excluding ortho intramolecular Hbond substituents is 4. The first-order valence-corrected chi connectivity index (χ1v) is 33.8. The number of aromatic carboxylic acids is 1. The molecule has 36 nitrogen and oxygen atoms in total. The molecule has 110 heavy (non-hydrogen) atoms. The van der Waals surface area contributed by atoms with E-state index >= 15 is 0 Å². The second kappa shape index (κ2) is 53.4. The average molecular weight is 1720 g/mol. The number of aliphatic hydroxyl groups is 1. The minimum atomic E-state index is -1.53. The Balaban J connectivity index is 0.000000651. The van der Waals surface area contributed by atoms with Crippen molar-refractivity contribution in [1.82, 2.24) is 39.1 Å². The summed E-state index contributed by atoms with van der Waals surface area (Å²) in [4.78, 5) is 59.1. The summed E-state index contributed by atoms with van der Waals surface area (Å²) >= 11 is 9.31. The third-order valence-corrected chi connectivity index (χ3v) is 13.1. The quantitative estimate of drug-likeness (QED) is 0.0185. The monoisotopic (exact) mass is 1720 g/mol. The van der Waals surface area contributed by atoms with Crippen molar-refractivity contribution in [2.75, 3.05) is 124 Å². The number of aromatic hydroxyl groups is 4. The van der Waals surface area contributed by atoms with E-state index in [0.717, 1.165) is 0 Å². The molecule has 1 aliphatic rings. The Morgan fingerprint density at radius 1 is 0.445 bits per heavy atom. The maximum atomic E-state index is 11.4. The summed E-state index contributed by atoms with van der Waals surface area (Å²) in [6.45, 7) is 2.85. The number of carbonyl (C=O) groups is 5. The van der Waals surface area contributed by atoms with Crippen LogP contribution in [-0.2, 0) is 38.0 Å². The van der Waals surface area contributed by atoms with Crippen LogP contribution < -0.4 is 52.7 Å². The third kappa shape index (κ3) is 33.2. The SMILES string of the molecule is BrB(Br)Br.COC(=O)C1=NCC=C1.COC(=O)c1ccn(-c2ccc(O)cc2O)n1.COC(=O)c1ccn(-c2ccc(OC)cc2OC)n1.COCCO.COCCOc1ccc(-n2ccc(C(=O)O)n2)c(O)c1.COCCOc1ccc(-n2ccc(C(=O)OC)n2)c(O)c1.COc1ccc(B(O)O)c(OC)c1.[Li+].[OH-]. The number of aromatic nitrogens is 8. The number of benzene rings is 5. The average Bonchev–Trinajstić information content (AvgIpc) is 1.67. The predicted octanol–water partition coefficient (Wildman–Crippen LogP) is 3.60. The van der Waals surface area contributed by atoms with Gasteiger partial charge >= 0.3 is 59.0 Å². The smallest absolute Gasteiger partial charge is 0.870 e. The predicted molar refractivity (Wildman–Crippen MR) is 406 cm³/mol. The van der Waals surface area contributed by atoms with Crippen LogP contribution in [0.3, 0.4) is 0 Å². The van der Waals surface area contributed by atoms with Gasteiger partial charge in [-0.15, -0.1) is 47.3 Å². The van der Waals surface area contributed by atoms with E-state index < -0.39 is 31.0 Å². The Hall–Kier alpha value is -10.4. The molecule has 4 aromatic heterocycles. The molecule has 0 atom stereocenters. The molecule has 0 fully saturated rings. The number of ether oxygens (including phenoxy) is 13. The van der Waals surface area contributed by atoms with Crippen molar-refractivity contribution in [2.24, 2.45) is 4.99 Å². The van der Waals surface area contributed by atoms with Crippen molar-refractivity contribution in [3.8, 4) is 80.2 Å². The van der Waals surface area contributed by atoms with Gasteiger partial charge in [-0.25, -0.2) is 42.7 Å². The molecular formula is C68H81B2Br3LiN9O27. The second-order valence-electron chi connectivity index (χ2n) is 20.1. The van der Waals surface area contributed by atoms with Crippen molar-refractivity contribution in [2.45, 2.75) is 0 Å². The summed E-state index contributed by atoms with van der Waals surface area (Å²) in [5.41, 5.74) is 3.06. The number of carboxylic acid groups (broad SMARTS) is 1. The van der Waals surface area contributed by atoms with Gasteiger partial charge in [0.25, 0.3) is 0 Å². The fraction of sp³-hybridized carbons (Fsp3) is 0.265. The zero-order chi connectivity index (χ0) is 80.3. The van der Waals surface area contributed by atoms with Gasteiger partial charge in [0.2, 0.25) is 0 Å². The van der Waals surface area contributed by atoms with Crippen molar-refractivity contribution in [3.63, 3.8) is 0 Å². The van der Waals surface area contributed by atoms with Gasteiger partial charge in [-0.2, -0.15) is 20.4 Å². The Bertz CT molecular complexity index is 4330. The normalized spacial score (nSPS) is 10.2. The minimum Gasteiger partial charge on any atom is -0.870 e. The third-order valence-electron chi connectivity index (χ3n) is 13.1. The zero-order valence-corrected chi connectivity index (χ0v) is 66.3. The molecule has 5 heterocycles. The van der Waals surface area contributed by atoms with Gasteiger partial charge in [0.05, 0.1) is 89.9 Å². The van der Waals surface area contributed by atoms with E-state index in [1.54, 1.807) is 125 Å². The first kappa shape index (κ1) is 97.6. The number of carbonyl (C=O) groups excluding carboxylic acids is 4. The van der Waals surface area contributed by atoms with Gasteiger partial charge in [0.1, 0.15) is 99.2 Å². The van der Waals surface area contributed by atoms with Crippen LogP contribution in [-0.4, -0.2) is 256 Å². The standard InChI is InChI=1S/C14H16N2O5.C13H14N2O5.C13H14N2O4.C11H10N2O4.C8H11BO4.C6H7NO2.C3H8O2.BBr3.Li.H2O/c1-19-7-8-21-10-3-4-12(13(17)9-10)16-6-5-11(15-16)14(18)20-2;1-19-6-7-20-9-2-3-11(12(16)8-9)15-5-4-10(14-15)13(17)18;1-17-9-4-5-11(12(8-9)18-2)15-7-6-10(14-15)13(16)19-3;1-17-11(16)8-4-5-13(12-8)9-3-2-7(14)6-10(9)15;1-12-6-3-4-7(9(10)11)8(5-6)13-2;1-9-6(8)5-3-2-4-7-5;1-5-3-2-4;2-1(3)4;;/h3-6,9,17H,7-8H2,1-2H3;2-5,8,16H,6-7H2,1H3,(H,17,18);4-8H,1-3H3;2-6,14-15H,1H3;3-5,10-11H,1-2H3;2-3H,4H2,1H3;4H,2-3H2,1H3;;;1H2/q;;;;;;;;+1;/p-1. The Morgan fingerprint density at radius 3 is 1.14 bits per heavy atom. The first-order chi connectivity index (χ1) is 51.7. The molecule has 5 aromatic carbocycles. The first-order valence-electron chi connectivity index (χ1n) is 31.0. The molecule has 0 amide bonds. The molecule has 0 bridgehead atoms. The number of aliphatic imine (C=N–C) groups is 1. The number of methoxy groups -OCH3 is 11. The summed E-state index contributed by atoms with van der Waals surface area (Å²) in [5, 5.41) is 89.3. The number of phenols is 4. The molecule has 588 valence electrons. The van der Waals surface area contributed by atoms with Crippen molar-refractivity contribution in [3.05, 3.63) is 175 Å². The topological polar surface area (TPSA) is 481 Å². The summed E-state index contributed by atoms with van der Waals surface area (Å²) < 4.78 is 69.2. The van der Waals surface area contributed by atoms with E-state index in [4.69, 9.17) is 63.3 Å². The van der Waals surface area contributed by atoms with Crippen LogP contribution in [0, 0.1) is 0 Å². The van der Waals surface area contributed by atoms with Gasteiger partial charge in [0.15, 0.2) is 22.8 Å². The van der Waals surface area contributed by atoms with E-state index in [9.17, 15) is 39.3 Å². The fourth-order valence-electron chi connectivity index (χ4n) is 8.05. The molecular weight excluding hydrogens is 1640 g/mol. The Labute approximate surface area is 668 Å². The molecule has 0 saturated carbocycles. The molecule has 9 aromatic rings. The van der Waals surface area contributed by atoms with Crippen LogP contribution in [0.15, 0.2) is 157 Å². The van der Waals surface area contributed by atoms with Gasteiger partial charge in [0, 0.05) is 81.9 Å². The molecule has 10 rings (SSSR count). The molecule has 1 aliphatic heterocycles. The van der Waals surface area contributed by atoms with Crippen LogP contribution in [0.4, 0.5) is 0 Å². The van der Waals surface area contributed by atoms with Crippen LogP contribution in [0.25, 0.3) is 22.7 Å². The van der Waals surface area contributed by atoms with Crippen LogP contribution in [0.2, 0.25) is 0 Å². The van der Waals surface area contributed by atoms with E-state index in [1.807, 2.05) is 6.08 Å². The number of rotatable bonds is 24. The molecule has 0 saturated heterocycles. The maximum absolute atomic E-state index is 11.4. The molecule has 42 heteroatoms. The van der Waals surface area contributed by atoms with E-state index in [0.29, 0.717) is 108 Å². The zero-order valence-electron chi connectivity index (χ0n) is 61.6. The summed E-state index contributed by atoms with van der Waals surface area (Å²) in [5.74, 6) is 0.00555. The van der Waals surface area contributed by atoms with Crippen LogP contribution in [0.1, 0.15) is 42.0 Å². The fourth-order valence-corrected chi connectivity index (χ4v) is 8.05.